The summed E-state index contributed by atoms with van der Waals surface area (Å²) in [6, 6.07) is 0. The molecule has 0 radical (unpaired) electrons. The van der Waals surface area contributed by atoms with Crippen LogP contribution in [0.1, 0.15) is 19.8 Å². The highest BCUT2D eigenvalue weighted by molar-refractivity contribution is 5.93. The third-order valence-electron chi connectivity index (χ3n) is 1.72. The molecule has 62 valence electrons. The van der Waals surface area contributed by atoms with Gasteiger partial charge in [0.2, 0.25) is 0 Å². The molecule has 1 aliphatic heterocycles. The lowest BCUT2D eigenvalue weighted by molar-refractivity contribution is -0.118. The van der Waals surface area contributed by atoms with Gasteiger partial charge in [0, 0.05) is 0 Å². The molecule has 1 heterocycles. The van der Waals surface area contributed by atoms with Crippen LogP contribution in [-0.2, 0) is 9.53 Å². The lowest BCUT2D eigenvalue weighted by Crippen LogP contribution is -2.33. The maximum absolute atomic E-state index is 11.0. The number of nitrogens with one attached hydrogen (secondary N) is 1. The minimum Gasteiger partial charge on any atom is -0.498 e. The molecule has 1 rings (SSSR count). The molecule has 4 heteroatoms. The van der Waals surface area contributed by atoms with Crippen molar-refractivity contribution in [2.75, 3.05) is 6.61 Å². The van der Waals surface area contributed by atoms with Gasteiger partial charge in [-0.15, -0.1) is 0 Å². The number of amides is 1. The van der Waals surface area contributed by atoms with Crippen LogP contribution in [0, 0.1) is 0 Å². The number of rotatable bonds is 1. The van der Waals surface area contributed by atoms with Crippen LogP contribution < -0.4 is 11.3 Å². The van der Waals surface area contributed by atoms with Crippen LogP contribution in [0.5, 0.6) is 0 Å². The van der Waals surface area contributed by atoms with Crippen LogP contribution in [0.3, 0.4) is 0 Å². The van der Waals surface area contributed by atoms with Crippen molar-refractivity contribution in [3.8, 4) is 0 Å². The summed E-state index contributed by atoms with van der Waals surface area (Å²) in [5.41, 5.74) is 2.75. The molecule has 0 aliphatic carbocycles. The monoisotopic (exact) mass is 156 g/mol. The standard InChI is InChI=1S/C7H12N2O2/c1-5-6(7(10)9-8)3-2-4-11-5/h2-4,8H2,1H3,(H,9,10). The fourth-order valence-electron chi connectivity index (χ4n) is 1.10. The first-order chi connectivity index (χ1) is 5.25. The van der Waals surface area contributed by atoms with Crippen molar-refractivity contribution in [2.24, 2.45) is 5.84 Å². The zero-order chi connectivity index (χ0) is 8.27. The fraction of sp³-hybridized carbons (Fsp3) is 0.571. The highest BCUT2D eigenvalue weighted by Crippen LogP contribution is 2.17. The normalized spacial score (nSPS) is 17.6. The molecule has 1 amide bonds. The Morgan fingerprint density at radius 1 is 1.73 bits per heavy atom. The minimum absolute atomic E-state index is 0.234. The van der Waals surface area contributed by atoms with Crippen molar-refractivity contribution in [3.63, 3.8) is 0 Å². The van der Waals surface area contributed by atoms with Gasteiger partial charge in [0.1, 0.15) is 5.76 Å². The summed E-state index contributed by atoms with van der Waals surface area (Å²) in [7, 11) is 0. The van der Waals surface area contributed by atoms with E-state index in [1.165, 1.54) is 0 Å². The Bertz CT molecular complexity index is 199. The molecule has 0 bridgehead atoms. The molecule has 0 aromatic carbocycles. The van der Waals surface area contributed by atoms with Crippen LogP contribution in [0.15, 0.2) is 11.3 Å². The molecule has 1 aliphatic rings. The zero-order valence-electron chi connectivity index (χ0n) is 6.52. The van der Waals surface area contributed by atoms with E-state index in [1.807, 2.05) is 0 Å². The second-order valence-electron chi connectivity index (χ2n) is 2.46. The topological polar surface area (TPSA) is 64.4 Å². The van der Waals surface area contributed by atoms with Crippen molar-refractivity contribution >= 4 is 5.91 Å². The summed E-state index contributed by atoms with van der Waals surface area (Å²) in [5.74, 6) is 5.44. The second-order valence-corrected chi connectivity index (χ2v) is 2.46. The van der Waals surface area contributed by atoms with Crippen molar-refractivity contribution < 1.29 is 9.53 Å². The van der Waals surface area contributed by atoms with Crippen LogP contribution in [0.2, 0.25) is 0 Å². The number of hydrazine groups is 1. The van der Waals surface area contributed by atoms with Gasteiger partial charge < -0.3 is 4.74 Å². The van der Waals surface area contributed by atoms with Gasteiger partial charge in [0.15, 0.2) is 0 Å². The first kappa shape index (κ1) is 8.07. The highest BCUT2D eigenvalue weighted by Gasteiger charge is 2.16. The van der Waals surface area contributed by atoms with E-state index < -0.39 is 0 Å². The predicted molar refractivity (Wildman–Crippen MR) is 40.2 cm³/mol. The Morgan fingerprint density at radius 3 is 3.00 bits per heavy atom. The van der Waals surface area contributed by atoms with E-state index in [-0.39, 0.29) is 5.91 Å². The largest absolute Gasteiger partial charge is 0.498 e. The molecule has 0 aromatic heterocycles. The maximum atomic E-state index is 11.0. The van der Waals surface area contributed by atoms with E-state index in [1.54, 1.807) is 6.92 Å². The Balaban J connectivity index is 2.74. The maximum Gasteiger partial charge on any atom is 0.264 e. The van der Waals surface area contributed by atoms with Crippen molar-refractivity contribution in [2.45, 2.75) is 19.8 Å². The van der Waals surface area contributed by atoms with Crippen molar-refractivity contribution in [1.29, 1.82) is 0 Å². The Morgan fingerprint density at radius 2 is 2.45 bits per heavy atom. The number of hydrogen-bond acceptors (Lipinski definition) is 3. The molecule has 4 nitrogen and oxygen atoms in total. The minimum atomic E-state index is -0.234. The number of carbonyl (C=O) groups excluding carboxylic acids is 1. The Kier molecular flexibility index (Phi) is 2.48. The van der Waals surface area contributed by atoms with Gasteiger partial charge in [0.25, 0.3) is 5.91 Å². The molecule has 0 saturated carbocycles. The average Bonchev–Trinajstić information content (AvgIpc) is 2.04. The van der Waals surface area contributed by atoms with E-state index in [9.17, 15) is 4.79 Å². The van der Waals surface area contributed by atoms with Crippen molar-refractivity contribution in [3.05, 3.63) is 11.3 Å². The summed E-state index contributed by atoms with van der Waals surface area (Å²) in [4.78, 5) is 11.0. The first-order valence-electron chi connectivity index (χ1n) is 3.59. The van der Waals surface area contributed by atoms with Gasteiger partial charge >= 0.3 is 0 Å². The number of nitrogens with two attached hydrogens (primary N) is 1. The molecule has 0 fully saturated rings. The summed E-state index contributed by atoms with van der Waals surface area (Å²) in [6.45, 7) is 2.48. The molecule has 0 aromatic rings. The van der Waals surface area contributed by atoms with E-state index in [4.69, 9.17) is 10.6 Å². The van der Waals surface area contributed by atoms with E-state index in [0.29, 0.717) is 17.9 Å². The molecular formula is C7H12N2O2. The molecular weight excluding hydrogens is 144 g/mol. The zero-order valence-corrected chi connectivity index (χ0v) is 6.52. The van der Waals surface area contributed by atoms with Crippen LogP contribution in [-0.4, -0.2) is 12.5 Å². The lowest BCUT2D eigenvalue weighted by Gasteiger charge is -2.17. The van der Waals surface area contributed by atoms with Gasteiger partial charge in [-0.1, -0.05) is 0 Å². The molecule has 3 N–H and O–H groups in total. The molecule has 0 atom stereocenters. The second kappa shape index (κ2) is 3.39. The number of ether oxygens (including phenoxy) is 1. The predicted octanol–water partition coefficient (Wildman–Crippen LogP) is 0.0607. The molecule has 11 heavy (non-hydrogen) atoms. The summed E-state index contributed by atoms with van der Waals surface area (Å²) < 4.78 is 5.18. The average molecular weight is 156 g/mol. The highest BCUT2D eigenvalue weighted by atomic mass is 16.5. The number of hydrogen-bond donors (Lipinski definition) is 2. The summed E-state index contributed by atoms with van der Waals surface area (Å²) in [5, 5.41) is 0. The van der Waals surface area contributed by atoms with E-state index in [2.05, 4.69) is 5.43 Å². The third-order valence-corrected chi connectivity index (χ3v) is 1.72. The Labute approximate surface area is 65.4 Å². The van der Waals surface area contributed by atoms with E-state index >= 15 is 0 Å². The quantitative estimate of drug-likeness (QED) is 0.320. The fourth-order valence-corrected chi connectivity index (χ4v) is 1.10. The Hall–Kier alpha value is -1.03. The molecule has 0 spiro atoms. The smallest absolute Gasteiger partial charge is 0.264 e. The molecule has 0 unspecified atom stereocenters. The number of allylic oxidation sites excluding steroid dienone is 1. The van der Waals surface area contributed by atoms with Gasteiger partial charge in [-0.25, -0.2) is 5.84 Å². The lowest BCUT2D eigenvalue weighted by atomic mass is 10.1. The van der Waals surface area contributed by atoms with Gasteiger partial charge in [-0.05, 0) is 19.8 Å². The SMILES string of the molecule is CC1=C(C(=O)NN)CCCO1. The van der Waals surface area contributed by atoms with Gasteiger partial charge in [-0.2, -0.15) is 0 Å². The van der Waals surface area contributed by atoms with Crippen LogP contribution in [0.4, 0.5) is 0 Å². The number of carbonyl (C=O) groups is 1. The van der Waals surface area contributed by atoms with Crippen molar-refractivity contribution in [1.82, 2.24) is 5.43 Å². The van der Waals surface area contributed by atoms with Crippen LogP contribution >= 0.6 is 0 Å². The van der Waals surface area contributed by atoms with Crippen LogP contribution in [0.25, 0.3) is 0 Å². The van der Waals surface area contributed by atoms with Gasteiger partial charge in [-0.3, -0.25) is 10.2 Å². The summed E-state index contributed by atoms with van der Waals surface area (Å²) in [6.07, 6.45) is 1.65. The third kappa shape index (κ3) is 1.71. The van der Waals surface area contributed by atoms with Gasteiger partial charge in [0.05, 0.1) is 12.2 Å². The van der Waals surface area contributed by atoms with E-state index in [0.717, 1.165) is 12.8 Å². The molecule has 0 saturated heterocycles. The first-order valence-corrected chi connectivity index (χ1v) is 3.59. The summed E-state index contributed by atoms with van der Waals surface area (Å²) >= 11 is 0.